The van der Waals surface area contributed by atoms with E-state index < -0.39 is 6.04 Å². The second-order valence-electron chi connectivity index (χ2n) is 11.9. The molecule has 10 N–H and O–H groups in total. The summed E-state index contributed by atoms with van der Waals surface area (Å²) < 4.78 is 7.20. The molecule has 14 heteroatoms. The summed E-state index contributed by atoms with van der Waals surface area (Å²) in [5, 5.41) is 12.9. The van der Waals surface area contributed by atoms with Crippen LogP contribution >= 0.6 is 0 Å². The number of nitrogens with one attached hydrogen (secondary N) is 4. The van der Waals surface area contributed by atoms with E-state index in [1.807, 2.05) is 12.1 Å². The molecule has 45 heavy (non-hydrogen) atoms. The van der Waals surface area contributed by atoms with Gasteiger partial charge in [0.25, 0.3) is 0 Å². The van der Waals surface area contributed by atoms with Crippen LogP contribution in [0.1, 0.15) is 69.4 Å². The molecule has 1 aromatic carbocycles. The standard InChI is InChI=1S/C31H49N11O3/c1-2-3-18-45-30-39-26(33)25-27(40-30)42(31(44)38-25)20-23-9-7-22(8-10-23)19-41-16-12-21(13-17-41)11-15-36-28(43)24(32)6-4-5-14-37-29(34)35/h7-10,21,24H,2-6,11-20,32H2,1H3,(H,36,43)(H,38,44)(H2,33,39,40)(H4,34,35,37)/t24-/m0/s1. The third-order valence-corrected chi connectivity index (χ3v) is 8.28. The van der Waals surface area contributed by atoms with Crippen LogP contribution in [0.15, 0.2) is 29.1 Å². The SMILES string of the molecule is CCCCOc1nc(N)c2[nH]c(=O)n(Cc3ccc(CN4CCC(CCNC(=O)[C@@H](N)CCCCNC(=N)N)CC4)cc3)c2n1. The molecule has 246 valence electrons. The number of imidazole rings is 1. The number of aromatic nitrogens is 4. The van der Waals surface area contributed by atoms with Crippen LogP contribution in [-0.2, 0) is 17.9 Å². The molecule has 1 aliphatic heterocycles. The van der Waals surface area contributed by atoms with Gasteiger partial charge in [0.1, 0.15) is 5.52 Å². The predicted octanol–water partition coefficient (Wildman–Crippen LogP) is 1.63. The lowest BCUT2D eigenvalue weighted by atomic mass is 9.93. The van der Waals surface area contributed by atoms with Crippen LogP contribution in [0.5, 0.6) is 6.01 Å². The van der Waals surface area contributed by atoms with Gasteiger partial charge in [-0.15, -0.1) is 0 Å². The number of anilines is 1. The molecule has 1 atom stereocenters. The Bertz CT molecular complexity index is 1450. The molecule has 0 unspecified atom stereocenters. The fourth-order valence-electron chi connectivity index (χ4n) is 5.55. The van der Waals surface area contributed by atoms with Crippen LogP contribution in [0.3, 0.4) is 0 Å². The maximum Gasteiger partial charge on any atom is 0.328 e. The van der Waals surface area contributed by atoms with Crippen LogP contribution in [0, 0.1) is 11.3 Å². The van der Waals surface area contributed by atoms with Crippen molar-refractivity contribution in [2.45, 2.75) is 77.4 Å². The van der Waals surface area contributed by atoms with Gasteiger partial charge in [0, 0.05) is 19.6 Å². The molecule has 0 aliphatic carbocycles. The average molecular weight is 624 g/mol. The molecular formula is C31H49N11O3. The number of carbonyl (C=O) groups excluding carboxylic acids is 1. The number of fused-ring (bicyclic) bond motifs is 1. The lowest BCUT2D eigenvalue weighted by Crippen LogP contribution is -2.42. The minimum atomic E-state index is -0.505. The highest BCUT2D eigenvalue weighted by Gasteiger charge is 2.20. The Morgan fingerprint density at radius 3 is 2.49 bits per heavy atom. The predicted molar refractivity (Wildman–Crippen MR) is 176 cm³/mol. The first-order valence-corrected chi connectivity index (χ1v) is 16.0. The van der Waals surface area contributed by atoms with E-state index in [1.54, 1.807) is 4.57 Å². The van der Waals surface area contributed by atoms with Crippen LogP contribution < -0.4 is 38.3 Å². The number of benzene rings is 1. The summed E-state index contributed by atoms with van der Waals surface area (Å²) in [5.74, 6) is 0.644. The Morgan fingerprint density at radius 1 is 1.09 bits per heavy atom. The zero-order valence-electron chi connectivity index (χ0n) is 26.3. The summed E-state index contributed by atoms with van der Waals surface area (Å²) >= 11 is 0. The lowest BCUT2D eigenvalue weighted by molar-refractivity contribution is -0.122. The van der Waals surface area contributed by atoms with E-state index in [9.17, 15) is 9.59 Å². The van der Waals surface area contributed by atoms with Gasteiger partial charge < -0.3 is 37.6 Å². The van der Waals surface area contributed by atoms with Gasteiger partial charge in [-0.1, -0.05) is 37.6 Å². The Hall–Kier alpha value is -4.17. The number of nitrogen functional groups attached to an aromatic ring is 1. The largest absolute Gasteiger partial charge is 0.463 e. The fourth-order valence-corrected chi connectivity index (χ4v) is 5.55. The van der Waals surface area contributed by atoms with Gasteiger partial charge in [0.2, 0.25) is 5.91 Å². The van der Waals surface area contributed by atoms with Crippen molar-refractivity contribution in [3.05, 3.63) is 45.9 Å². The van der Waals surface area contributed by atoms with Gasteiger partial charge >= 0.3 is 11.7 Å². The molecule has 1 fully saturated rings. The smallest absolute Gasteiger partial charge is 0.328 e. The summed E-state index contributed by atoms with van der Waals surface area (Å²) in [5.41, 5.74) is 20.1. The molecule has 4 rings (SSSR count). The van der Waals surface area contributed by atoms with Gasteiger partial charge in [-0.3, -0.25) is 19.7 Å². The zero-order chi connectivity index (χ0) is 32.2. The number of guanidine groups is 1. The van der Waals surface area contributed by atoms with E-state index in [2.05, 4.69) is 49.5 Å². The number of nitrogens with zero attached hydrogens (tertiary/aromatic N) is 4. The quantitative estimate of drug-likeness (QED) is 0.0654. The number of amides is 1. The highest BCUT2D eigenvalue weighted by atomic mass is 16.5. The maximum absolute atomic E-state index is 12.7. The summed E-state index contributed by atoms with van der Waals surface area (Å²) in [6.45, 7) is 7.09. The lowest BCUT2D eigenvalue weighted by Gasteiger charge is -2.32. The monoisotopic (exact) mass is 623 g/mol. The number of unbranched alkanes of at least 4 members (excludes halogenated alkanes) is 2. The molecule has 14 nitrogen and oxygen atoms in total. The molecule has 0 saturated carbocycles. The van der Waals surface area contributed by atoms with Crippen LogP contribution in [-0.4, -0.2) is 75.1 Å². The van der Waals surface area contributed by atoms with Gasteiger partial charge in [-0.05, 0) is 75.1 Å². The van der Waals surface area contributed by atoms with E-state index in [1.165, 1.54) is 5.56 Å². The number of carbonyl (C=O) groups is 1. The van der Waals surface area contributed by atoms with Crippen molar-refractivity contribution >= 4 is 28.8 Å². The molecule has 1 saturated heterocycles. The summed E-state index contributed by atoms with van der Waals surface area (Å²) in [7, 11) is 0. The second-order valence-corrected chi connectivity index (χ2v) is 11.9. The third-order valence-electron chi connectivity index (χ3n) is 8.28. The zero-order valence-corrected chi connectivity index (χ0v) is 26.3. The Balaban J connectivity index is 1.18. The van der Waals surface area contributed by atoms with E-state index >= 15 is 0 Å². The molecule has 1 amide bonds. The molecule has 3 heterocycles. The molecular weight excluding hydrogens is 574 g/mol. The van der Waals surface area contributed by atoms with Crippen molar-refractivity contribution in [3.8, 4) is 6.01 Å². The van der Waals surface area contributed by atoms with Gasteiger partial charge in [0.15, 0.2) is 17.4 Å². The number of aromatic amines is 1. The number of hydrogen-bond donors (Lipinski definition) is 7. The molecule has 3 aromatic rings. The Morgan fingerprint density at radius 2 is 1.80 bits per heavy atom. The number of H-pyrrole nitrogens is 1. The average Bonchev–Trinajstić information content (AvgIpc) is 3.33. The number of ether oxygens (including phenoxy) is 1. The van der Waals surface area contributed by atoms with Crippen LogP contribution in [0.4, 0.5) is 5.82 Å². The molecule has 0 bridgehead atoms. The van der Waals surface area contributed by atoms with E-state index in [4.69, 9.17) is 27.3 Å². The highest BCUT2D eigenvalue weighted by molar-refractivity contribution is 5.82. The van der Waals surface area contributed by atoms with Crippen molar-refractivity contribution < 1.29 is 9.53 Å². The topological polar surface area (TPSA) is 219 Å². The molecule has 0 spiro atoms. The van der Waals surface area contributed by atoms with E-state index in [-0.39, 0.29) is 29.4 Å². The second kappa shape index (κ2) is 16.8. The number of hydrogen-bond acceptors (Lipinski definition) is 9. The summed E-state index contributed by atoms with van der Waals surface area (Å²) in [6.07, 6.45) is 7.27. The highest BCUT2D eigenvalue weighted by Crippen LogP contribution is 2.22. The first kappa shape index (κ1) is 33.7. The Kier molecular flexibility index (Phi) is 12.6. The van der Waals surface area contributed by atoms with Crippen LogP contribution in [0.2, 0.25) is 0 Å². The van der Waals surface area contributed by atoms with Crippen molar-refractivity contribution in [3.63, 3.8) is 0 Å². The maximum atomic E-state index is 12.7. The number of piperidine rings is 1. The van der Waals surface area contributed by atoms with E-state index in [0.29, 0.717) is 49.7 Å². The van der Waals surface area contributed by atoms with Gasteiger partial charge in [-0.2, -0.15) is 9.97 Å². The molecule has 0 radical (unpaired) electrons. The van der Waals surface area contributed by atoms with Crippen molar-refractivity contribution in [2.24, 2.45) is 17.4 Å². The summed E-state index contributed by atoms with van der Waals surface area (Å²) in [6, 6.07) is 8.00. The van der Waals surface area contributed by atoms with Crippen LogP contribution in [0.25, 0.3) is 11.2 Å². The van der Waals surface area contributed by atoms with Crippen molar-refractivity contribution in [1.29, 1.82) is 5.41 Å². The van der Waals surface area contributed by atoms with E-state index in [0.717, 1.165) is 70.1 Å². The molecule has 1 aliphatic rings. The van der Waals surface area contributed by atoms with Gasteiger partial charge in [-0.25, -0.2) is 4.79 Å². The van der Waals surface area contributed by atoms with Crippen molar-refractivity contribution in [1.82, 2.24) is 35.1 Å². The minimum absolute atomic E-state index is 0.0408. The normalized spacial score (nSPS) is 14.8. The van der Waals surface area contributed by atoms with Gasteiger partial charge in [0.05, 0.1) is 19.2 Å². The number of nitrogens with two attached hydrogens (primary N) is 3. The number of likely N-dealkylation sites (tertiary alicyclic amines) is 1. The fraction of sp³-hybridized carbons (Fsp3) is 0.581. The minimum Gasteiger partial charge on any atom is -0.463 e. The Labute approximate surface area is 264 Å². The first-order valence-electron chi connectivity index (χ1n) is 16.0. The molecule has 2 aromatic heterocycles. The third kappa shape index (κ3) is 10.2. The number of rotatable bonds is 17. The summed E-state index contributed by atoms with van der Waals surface area (Å²) in [4.78, 5) is 38.9. The first-order chi connectivity index (χ1) is 21.7. The van der Waals surface area contributed by atoms with Crippen molar-refractivity contribution in [2.75, 3.05) is 38.5 Å².